The van der Waals surface area contributed by atoms with Crippen molar-refractivity contribution in [2.75, 3.05) is 18.5 Å². The van der Waals surface area contributed by atoms with Crippen molar-refractivity contribution < 1.29 is 14.3 Å². The van der Waals surface area contributed by atoms with Crippen LogP contribution in [-0.2, 0) is 4.79 Å². The van der Waals surface area contributed by atoms with E-state index in [9.17, 15) is 9.59 Å². The fourth-order valence-corrected chi connectivity index (χ4v) is 3.23. The Balaban J connectivity index is 1.40. The van der Waals surface area contributed by atoms with Crippen molar-refractivity contribution in [3.8, 4) is 17.1 Å². The first-order valence-electron chi connectivity index (χ1n) is 9.99. The number of aromatic nitrogens is 2. The van der Waals surface area contributed by atoms with Crippen molar-refractivity contribution in [3.05, 3.63) is 78.4 Å². The number of anilines is 1. The van der Waals surface area contributed by atoms with Crippen LogP contribution in [-0.4, -0.2) is 34.9 Å². The summed E-state index contributed by atoms with van der Waals surface area (Å²) in [4.78, 5) is 32.7. The number of hydrogen-bond acceptors (Lipinski definition) is 4. The van der Waals surface area contributed by atoms with Crippen molar-refractivity contribution >= 4 is 28.5 Å². The average molecular weight is 414 g/mol. The van der Waals surface area contributed by atoms with Crippen molar-refractivity contribution in [1.82, 2.24) is 15.3 Å². The van der Waals surface area contributed by atoms with Crippen molar-refractivity contribution in [2.45, 2.75) is 6.92 Å². The van der Waals surface area contributed by atoms with Gasteiger partial charge in [0.15, 0.2) is 0 Å². The summed E-state index contributed by atoms with van der Waals surface area (Å²) in [6.45, 7) is 2.14. The van der Waals surface area contributed by atoms with Gasteiger partial charge in [0, 0.05) is 11.3 Å². The number of nitrogens with zero attached hydrogens (tertiary/aromatic N) is 1. The third kappa shape index (κ3) is 4.72. The van der Waals surface area contributed by atoms with Gasteiger partial charge in [-0.3, -0.25) is 9.59 Å². The number of carbonyl (C=O) groups is 2. The first-order chi connectivity index (χ1) is 15.1. The zero-order valence-corrected chi connectivity index (χ0v) is 17.0. The fourth-order valence-electron chi connectivity index (χ4n) is 3.23. The minimum absolute atomic E-state index is 0.159. The van der Waals surface area contributed by atoms with Gasteiger partial charge >= 0.3 is 0 Å². The van der Waals surface area contributed by atoms with Gasteiger partial charge in [0.25, 0.3) is 5.91 Å². The summed E-state index contributed by atoms with van der Waals surface area (Å²) in [7, 11) is 0. The van der Waals surface area contributed by atoms with E-state index in [4.69, 9.17) is 4.74 Å². The Bertz CT molecular complexity index is 1200. The van der Waals surface area contributed by atoms with Crippen LogP contribution in [0, 0.1) is 0 Å². The van der Waals surface area contributed by atoms with Gasteiger partial charge in [0.2, 0.25) is 5.91 Å². The molecule has 0 aliphatic heterocycles. The molecule has 0 saturated heterocycles. The van der Waals surface area contributed by atoms with Crippen LogP contribution >= 0.6 is 0 Å². The highest BCUT2D eigenvalue weighted by Gasteiger charge is 2.13. The standard InChI is InChI=1S/C24H22N4O3/c1-2-31-21-13-6-3-10-18(21)24(30)25-15-22(29)26-17-9-7-8-16(14-17)23-27-19-11-4-5-12-20(19)28-23/h3-14H,2,15H2,1H3,(H,25,30)(H,26,29)(H,27,28). The van der Waals surface area contributed by atoms with E-state index in [1.807, 2.05) is 49.4 Å². The molecular formula is C24H22N4O3. The SMILES string of the molecule is CCOc1ccccc1C(=O)NCC(=O)Nc1cccc(-c2nc3ccccc3[nH]2)c1. The molecule has 0 radical (unpaired) electrons. The molecule has 156 valence electrons. The third-order valence-corrected chi connectivity index (χ3v) is 4.65. The molecule has 4 rings (SSSR count). The summed E-state index contributed by atoms with van der Waals surface area (Å²) in [5.74, 6) is 0.513. The molecule has 0 aliphatic carbocycles. The van der Waals surface area contributed by atoms with Crippen LogP contribution in [0.2, 0.25) is 0 Å². The number of aromatic amines is 1. The van der Waals surface area contributed by atoms with Crippen LogP contribution in [0.15, 0.2) is 72.8 Å². The number of benzene rings is 3. The number of ether oxygens (including phenoxy) is 1. The van der Waals surface area contributed by atoms with Crippen molar-refractivity contribution in [1.29, 1.82) is 0 Å². The number of nitrogens with one attached hydrogen (secondary N) is 3. The Hall–Kier alpha value is -4.13. The van der Waals surface area contributed by atoms with Crippen LogP contribution in [0.3, 0.4) is 0 Å². The Morgan fingerprint density at radius 3 is 2.65 bits per heavy atom. The lowest BCUT2D eigenvalue weighted by Crippen LogP contribution is -2.33. The Kier molecular flexibility index (Phi) is 5.93. The zero-order chi connectivity index (χ0) is 21.6. The van der Waals surface area contributed by atoms with E-state index in [0.29, 0.717) is 23.6 Å². The predicted octanol–water partition coefficient (Wildman–Crippen LogP) is 4.00. The molecule has 0 spiro atoms. The van der Waals surface area contributed by atoms with Crippen LogP contribution < -0.4 is 15.4 Å². The molecule has 0 aliphatic rings. The smallest absolute Gasteiger partial charge is 0.255 e. The van der Waals surface area contributed by atoms with Gasteiger partial charge in [0.05, 0.1) is 29.7 Å². The van der Waals surface area contributed by atoms with E-state index in [0.717, 1.165) is 22.4 Å². The maximum atomic E-state index is 12.4. The van der Waals surface area contributed by atoms with E-state index < -0.39 is 0 Å². The monoisotopic (exact) mass is 414 g/mol. The van der Waals surface area contributed by atoms with E-state index >= 15 is 0 Å². The van der Waals surface area contributed by atoms with Gasteiger partial charge in [-0.15, -0.1) is 0 Å². The number of para-hydroxylation sites is 3. The Morgan fingerprint density at radius 2 is 1.81 bits per heavy atom. The number of hydrogen-bond donors (Lipinski definition) is 3. The summed E-state index contributed by atoms with van der Waals surface area (Å²) >= 11 is 0. The lowest BCUT2D eigenvalue weighted by molar-refractivity contribution is -0.115. The lowest BCUT2D eigenvalue weighted by Gasteiger charge is -2.11. The van der Waals surface area contributed by atoms with Crippen LogP contribution in [0.1, 0.15) is 17.3 Å². The minimum atomic E-state index is -0.366. The molecule has 0 unspecified atom stereocenters. The molecule has 7 nitrogen and oxygen atoms in total. The molecule has 7 heteroatoms. The number of amides is 2. The van der Waals surface area contributed by atoms with Gasteiger partial charge in [-0.2, -0.15) is 0 Å². The normalized spacial score (nSPS) is 10.6. The second-order valence-electron chi connectivity index (χ2n) is 6.84. The van der Waals surface area contributed by atoms with Gasteiger partial charge in [-0.1, -0.05) is 36.4 Å². The molecule has 1 heterocycles. The highest BCUT2D eigenvalue weighted by atomic mass is 16.5. The van der Waals surface area contributed by atoms with Crippen molar-refractivity contribution in [3.63, 3.8) is 0 Å². The van der Waals surface area contributed by atoms with E-state index in [-0.39, 0.29) is 18.4 Å². The summed E-state index contributed by atoms with van der Waals surface area (Å²) in [6.07, 6.45) is 0. The largest absolute Gasteiger partial charge is 0.493 e. The first kappa shape index (κ1) is 20.2. The summed E-state index contributed by atoms with van der Waals surface area (Å²) in [6, 6.07) is 22.1. The maximum Gasteiger partial charge on any atom is 0.255 e. The topological polar surface area (TPSA) is 96.1 Å². The van der Waals surface area contributed by atoms with Crippen LogP contribution in [0.25, 0.3) is 22.4 Å². The lowest BCUT2D eigenvalue weighted by atomic mass is 10.2. The van der Waals surface area contributed by atoms with Gasteiger partial charge in [0.1, 0.15) is 11.6 Å². The zero-order valence-electron chi connectivity index (χ0n) is 17.0. The van der Waals surface area contributed by atoms with E-state index in [1.165, 1.54) is 0 Å². The molecule has 0 bridgehead atoms. The Labute approximate surface area is 179 Å². The predicted molar refractivity (Wildman–Crippen MR) is 120 cm³/mol. The first-order valence-corrected chi connectivity index (χ1v) is 9.99. The Morgan fingerprint density at radius 1 is 1.00 bits per heavy atom. The number of imidazole rings is 1. The highest BCUT2D eigenvalue weighted by molar-refractivity contribution is 6.01. The summed E-state index contributed by atoms with van der Waals surface area (Å²) in [5.41, 5.74) is 3.68. The van der Waals surface area contributed by atoms with Gasteiger partial charge in [-0.05, 0) is 43.3 Å². The number of carbonyl (C=O) groups excluding carboxylic acids is 2. The van der Waals surface area contributed by atoms with Crippen molar-refractivity contribution in [2.24, 2.45) is 0 Å². The van der Waals surface area contributed by atoms with E-state index in [2.05, 4.69) is 20.6 Å². The second-order valence-corrected chi connectivity index (χ2v) is 6.84. The highest BCUT2D eigenvalue weighted by Crippen LogP contribution is 2.23. The quantitative estimate of drug-likeness (QED) is 0.426. The summed E-state index contributed by atoms with van der Waals surface area (Å²) in [5, 5.41) is 5.44. The number of H-pyrrole nitrogens is 1. The molecule has 0 saturated carbocycles. The van der Waals surface area contributed by atoms with Gasteiger partial charge in [-0.25, -0.2) is 4.98 Å². The average Bonchev–Trinajstić information content (AvgIpc) is 3.23. The molecule has 2 amide bonds. The third-order valence-electron chi connectivity index (χ3n) is 4.65. The molecule has 1 aromatic heterocycles. The van der Waals surface area contributed by atoms with E-state index in [1.54, 1.807) is 30.3 Å². The van der Waals surface area contributed by atoms with Gasteiger partial charge < -0.3 is 20.4 Å². The minimum Gasteiger partial charge on any atom is -0.493 e. The maximum absolute atomic E-state index is 12.4. The molecule has 4 aromatic rings. The second kappa shape index (κ2) is 9.13. The van der Waals surface area contributed by atoms with Crippen LogP contribution in [0.4, 0.5) is 5.69 Å². The van der Waals surface area contributed by atoms with Crippen LogP contribution in [0.5, 0.6) is 5.75 Å². The number of rotatable bonds is 7. The molecule has 0 atom stereocenters. The molecule has 3 aromatic carbocycles. The fraction of sp³-hybridized carbons (Fsp3) is 0.125. The molecular weight excluding hydrogens is 392 g/mol. The molecule has 31 heavy (non-hydrogen) atoms. The summed E-state index contributed by atoms with van der Waals surface area (Å²) < 4.78 is 5.47. The number of fused-ring (bicyclic) bond motifs is 1. The molecule has 3 N–H and O–H groups in total. The molecule has 0 fully saturated rings.